The first kappa shape index (κ1) is 21.3. The van der Waals surface area contributed by atoms with E-state index in [2.05, 4.69) is 14.9 Å². The minimum Gasteiger partial charge on any atom is -0.449 e. The van der Waals surface area contributed by atoms with Gasteiger partial charge in [0.15, 0.2) is 0 Å². The summed E-state index contributed by atoms with van der Waals surface area (Å²) in [5.41, 5.74) is 4.77. The Morgan fingerprint density at radius 2 is 1.68 bits per heavy atom. The van der Waals surface area contributed by atoms with Crippen molar-refractivity contribution in [1.29, 1.82) is 0 Å². The van der Waals surface area contributed by atoms with Crippen LogP contribution >= 0.6 is 0 Å². The standard InChI is InChI=1S/C18H20FN3O5S/c1-2-27-18(24)21-20-17(23)15(12-13-8-4-3-5-9-13)22-28(25,26)16-11-7-6-10-14(16)19/h3-11,15,22H,2,12H2,1H3,(H,20,23)(H,21,24). The third-order valence-corrected chi connectivity index (χ3v) is 5.09. The third-order valence-electron chi connectivity index (χ3n) is 3.59. The van der Waals surface area contributed by atoms with Gasteiger partial charge in [-0.1, -0.05) is 42.5 Å². The maximum Gasteiger partial charge on any atom is 0.426 e. The Balaban J connectivity index is 2.21. The monoisotopic (exact) mass is 409 g/mol. The SMILES string of the molecule is CCOC(=O)NNC(=O)C(Cc1ccccc1)NS(=O)(=O)c1ccccc1F. The van der Waals surface area contributed by atoms with Gasteiger partial charge in [0, 0.05) is 0 Å². The van der Waals surface area contributed by atoms with E-state index in [1.807, 2.05) is 5.43 Å². The molecular formula is C18H20FN3O5S. The molecule has 0 saturated carbocycles. The molecule has 28 heavy (non-hydrogen) atoms. The molecule has 0 heterocycles. The summed E-state index contributed by atoms with van der Waals surface area (Å²) in [6.07, 6.45) is -0.920. The number of hydrogen-bond acceptors (Lipinski definition) is 5. The van der Waals surface area contributed by atoms with Gasteiger partial charge < -0.3 is 4.74 Å². The summed E-state index contributed by atoms with van der Waals surface area (Å²) in [4.78, 5) is 23.2. The van der Waals surface area contributed by atoms with E-state index < -0.39 is 38.8 Å². The van der Waals surface area contributed by atoms with Crippen molar-refractivity contribution in [2.45, 2.75) is 24.3 Å². The van der Waals surface area contributed by atoms with Crippen molar-refractivity contribution >= 4 is 22.0 Å². The molecule has 0 spiro atoms. The highest BCUT2D eigenvalue weighted by Crippen LogP contribution is 2.15. The van der Waals surface area contributed by atoms with Gasteiger partial charge in [0.1, 0.15) is 16.8 Å². The quantitative estimate of drug-likeness (QED) is 0.600. The molecule has 8 nitrogen and oxygen atoms in total. The number of nitrogens with one attached hydrogen (secondary N) is 3. The van der Waals surface area contributed by atoms with Crippen molar-refractivity contribution in [2.24, 2.45) is 0 Å². The van der Waals surface area contributed by atoms with Crippen molar-refractivity contribution in [3.05, 3.63) is 66.0 Å². The molecule has 1 unspecified atom stereocenters. The van der Waals surface area contributed by atoms with Gasteiger partial charge in [-0.05, 0) is 31.0 Å². The smallest absolute Gasteiger partial charge is 0.426 e. The molecule has 3 N–H and O–H groups in total. The number of amides is 2. The average Bonchev–Trinajstić information content (AvgIpc) is 2.66. The van der Waals surface area contributed by atoms with E-state index in [0.29, 0.717) is 5.56 Å². The second-order valence-corrected chi connectivity index (χ2v) is 7.31. The first-order valence-corrected chi connectivity index (χ1v) is 9.85. The van der Waals surface area contributed by atoms with Crippen molar-refractivity contribution in [3.8, 4) is 0 Å². The first-order valence-electron chi connectivity index (χ1n) is 8.37. The lowest BCUT2D eigenvalue weighted by Gasteiger charge is -2.19. The summed E-state index contributed by atoms with van der Waals surface area (Å²) in [6, 6.07) is 12.1. The van der Waals surface area contributed by atoms with E-state index in [-0.39, 0.29) is 13.0 Å². The van der Waals surface area contributed by atoms with E-state index in [1.165, 1.54) is 12.1 Å². The van der Waals surface area contributed by atoms with Crippen LogP contribution in [-0.4, -0.2) is 33.1 Å². The lowest BCUT2D eigenvalue weighted by atomic mass is 10.1. The fourth-order valence-corrected chi connectivity index (χ4v) is 3.59. The number of sulfonamides is 1. The first-order chi connectivity index (χ1) is 13.3. The van der Waals surface area contributed by atoms with Crippen molar-refractivity contribution in [1.82, 2.24) is 15.6 Å². The molecule has 0 fully saturated rings. The molecule has 2 aromatic carbocycles. The van der Waals surface area contributed by atoms with E-state index in [1.54, 1.807) is 37.3 Å². The number of benzene rings is 2. The molecular weight excluding hydrogens is 389 g/mol. The largest absolute Gasteiger partial charge is 0.449 e. The number of hydrazine groups is 1. The van der Waals surface area contributed by atoms with Gasteiger partial charge in [-0.2, -0.15) is 4.72 Å². The fourth-order valence-electron chi connectivity index (χ4n) is 2.32. The Morgan fingerprint density at radius 3 is 2.32 bits per heavy atom. The van der Waals surface area contributed by atoms with Gasteiger partial charge in [-0.15, -0.1) is 0 Å². The molecule has 0 aliphatic heterocycles. The predicted molar refractivity (Wildman–Crippen MR) is 99.0 cm³/mol. The van der Waals surface area contributed by atoms with Crippen molar-refractivity contribution in [2.75, 3.05) is 6.61 Å². The number of carbonyl (C=O) groups excluding carboxylic acids is 2. The third kappa shape index (κ3) is 6.03. The number of hydrogen-bond donors (Lipinski definition) is 3. The molecule has 1 atom stereocenters. The number of ether oxygens (including phenoxy) is 1. The highest BCUT2D eigenvalue weighted by Gasteiger charge is 2.28. The summed E-state index contributed by atoms with van der Waals surface area (Å²) in [6.45, 7) is 1.68. The lowest BCUT2D eigenvalue weighted by molar-refractivity contribution is -0.123. The second kappa shape index (κ2) is 9.81. The molecule has 0 aliphatic carbocycles. The van der Waals surface area contributed by atoms with Crippen molar-refractivity contribution < 1.29 is 27.1 Å². The Kier molecular flexibility index (Phi) is 7.47. The van der Waals surface area contributed by atoms with E-state index >= 15 is 0 Å². The van der Waals surface area contributed by atoms with E-state index in [0.717, 1.165) is 12.1 Å². The molecule has 150 valence electrons. The molecule has 0 aliphatic rings. The molecule has 0 saturated heterocycles. The van der Waals surface area contributed by atoms with Crippen LogP contribution in [0.15, 0.2) is 59.5 Å². The molecule has 0 aromatic heterocycles. The van der Waals surface area contributed by atoms with Crippen LogP contribution in [0.2, 0.25) is 0 Å². The van der Waals surface area contributed by atoms with E-state index in [9.17, 15) is 22.4 Å². The predicted octanol–water partition coefficient (Wildman–Crippen LogP) is 1.49. The van der Waals surface area contributed by atoms with Gasteiger partial charge in [0.2, 0.25) is 10.0 Å². The zero-order valence-corrected chi connectivity index (χ0v) is 15.8. The minimum atomic E-state index is -4.33. The summed E-state index contributed by atoms with van der Waals surface area (Å²) < 4.78 is 45.8. The Morgan fingerprint density at radius 1 is 1.04 bits per heavy atom. The Labute approximate surface area is 162 Å². The van der Waals surface area contributed by atoms with Gasteiger partial charge >= 0.3 is 6.09 Å². The van der Waals surface area contributed by atoms with Crippen LogP contribution in [0.4, 0.5) is 9.18 Å². The summed E-state index contributed by atoms with van der Waals surface area (Å²) in [5, 5.41) is 0. The normalized spacial score (nSPS) is 12.1. The van der Waals surface area contributed by atoms with Gasteiger partial charge in [-0.3, -0.25) is 10.2 Å². The average molecular weight is 409 g/mol. The molecule has 0 bridgehead atoms. The summed E-state index contributed by atoms with van der Waals surface area (Å²) >= 11 is 0. The van der Waals surface area contributed by atoms with Crippen LogP contribution in [0.5, 0.6) is 0 Å². The van der Waals surface area contributed by atoms with Gasteiger partial charge in [-0.25, -0.2) is 23.0 Å². The fraction of sp³-hybridized carbons (Fsp3) is 0.222. The minimum absolute atomic E-state index is 0.0230. The van der Waals surface area contributed by atoms with Crippen LogP contribution in [-0.2, 0) is 26.0 Å². The summed E-state index contributed by atoms with van der Waals surface area (Å²) in [7, 11) is -4.33. The zero-order chi connectivity index (χ0) is 20.6. The van der Waals surface area contributed by atoms with E-state index in [4.69, 9.17) is 0 Å². The molecule has 0 radical (unpaired) electrons. The second-order valence-electron chi connectivity index (χ2n) is 5.63. The van der Waals surface area contributed by atoms with Crippen LogP contribution in [0.1, 0.15) is 12.5 Å². The number of halogens is 1. The molecule has 10 heteroatoms. The highest BCUT2D eigenvalue weighted by molar-refractivity contribution is 7.89. The van der Waals surface area contributed by atoms with Gasteiger partial charge in [0.05, 0.1) is 6.61 Å². The topological polar surface area (TPSA) is 114 Å². The zero-order valence-electron chi connectivity index (χ0n) is 15.0. The highest BCUT2D eigenvalue weighted by atomic mass is 32.2. The molecule has 2 aromatic rings. The maximum atomic E-state index is 13.9. The van der Waals surface area contributed by atoms with Gasteiger partial charge in [0.25, 0.3) is 5.91 Å². The maximum absolute atomic E-state index is 13.9. The number of carbonyl (C=O) groups is 2. The summed E-state index contributed by atoms with van der Waals surface area (Å²) in [5.74, 6) is -1.78. The Bertz CT molecular complexity index is 922. The van der Waals surface area contributed by atoms with Crippen LogP contribution in [0.3, 0.4) is 0 Å². The lowest BCUT2D eigenvalue weighted by Crippen LogP contribution is -2.53. The molecule has 2 amide bonds. The molecule has 2 rings (SSSR count). The van der Waals surface area contributed by atoms with Crippen molar-refractivity contribution in [3.63, 3.8) is 0 Å². The van der Waals surface area contributed by atoms with Crippen LogP contribution < -0.4 is 15.6 Å². The van der Waals surface area contributed by atoms with Crippen LogP contribution in [0.25, 0.3) is 0 Å². The number of rotatable bonds is 7. The van der Waals surface area contributed by atoms with Crippen LogP contribution in [0, 0.1) is 5.82 Å². The Hall–Kier alpha value is -2.98.